The van der Waals surface area contributed by atoms with Crippen molar-refractivity contribution in [2.45, 2.75) is 109 Å². The van der Waals surface area contributed by atoms with Gasteiger partial charge in [-0.3, -0.25) is 4.79 Å². The Morgan fingerprint density at radius 3 is 2.47 bits per heavy atom. The Morgan fingerprint density at radius 1 is 1.07 bits per heavy atom. The Bertz CT molecular complexity index is 763. The molecule has 4 aliphatic carbocycles. The van der Waals surface area contributed by atoms with Crippen LogP contribution in [0.5, 0.6) is 0 Å². The Balaban J connectivity index is 1.43. The van der Waals surface area contributed by atoms with Crippen molar-refractivity contribution >= 4 is 14.1 Å². The first-order valence-corrected chi connectivity index (χ1v) is 15.5. The largest absolute Gasteiger partial charge is 0.413 e. The number of fused-ring (bicyclic) bond motifs is 5. The van der Waals surface area contributed by atoms with Crippen LogP contribution in [-0.2, 0) is 9.22 Å². The van der Waals surface area contributed by atoms with Gasteiger partial charge in [0.15, 0.2) is 14.1 Å². The summed E-state index contributed by atoms with van der Waals surface area (Å²) in [6.07, 6.45) is 12.1. The third-order valence-corrected chi connectivity index (χ3v) is 15.2. The highest BCUT2D eigenvalue weighted by Crippen LogP contribution is 2.67. The van der Waals surface area contributed by atoms with Gasteiger partial charge in [-0.2, -0.15) is 0 Å². The second kappa shape index (κ2) is 6.77. The molecule has 3 saturated carbocycles. The smallest absolute Gasteiger partial charge is 0.192 e. The van der Waals surface area contributed by atoms with Gasteiger partial charge in [0.25, 0.3) is 0 Å². The first-order valence-electron chi connectivity index (χ1n) is 12.6. The number of hydrogen-bond acceptors (Lipinski definition) is 3. The van der Waals surface area contributed by atoms with Gasteiger partial charge in [-0.05, 0) is 92.3 Å². The normalized spacial score (nSPS) is 46.0. The van der Waals surface area contributed by atoms with Crippen LogP contribution in [0.25, 0.3) is 0 Å². The molecule has 1 aliphatic heterocycles. The van der Waals surface area contributed by atoms with Gasteiger partial charge < -0.3 is 9.74 Å². The van der Waals surface area contributed by atoms with Gasteiger partial charge in [-0.25, -0.2) is 0 Å². The minimum Gasteiger partial charge on any atom is -0.413 e. The molecule has 4 heteroatoms. The highest BCUT2D eigenvalue weighted by Gasteiger charge is 2.64. The molecule has 7 atom stereocenters. The maximum absolute atomic E-state index is 12.2. The number of ketones is 1. The molecule has 0 bridgehead atoms. The minimum atomic E-state index is -1.75. The van der Waals surface area contributed by atoms with E-state index in [2.05, 4.69) is 52.2 Å². The fourth-order valence-corrected chi connectivity index (χ4v) is 9.48. The van der Waals surface area contributed by atoms with E-state index >= 15 is 0 Å². The number of carbonyl (C=O) groups is 1. The van der Waals surface area contributed by atoms with Crippen molar-refractivity contribution in [2.24, 2.45) is 28.6 Å². The summed E-state index contributed by atoms with van der Waals surface area (Å²) < 4.78 is 7.09. The summed E-state index contributed by atoms with van der Waals surface area (Å²) in [5.74, 6) is 2.78. The van der Waals surface area contributed by atoms with Crippen molar-refractivity contribution < 1.29 is 9.22 Å². The van der Waals surface area contributed by atoms with Gasteiger partial charge in [-0.1, -0.05) is 33.3 Å². The van der Waals surface area contributed by atoms with E-state index in [1.807, 2.05) is 0 Å². The topological polar surface area (TPSA) is 48.2 Å². The van der Waals surface area contributed by atoms with Crippen LogP contribution >= 0.6 is 0 Å². The average Bonchev–Trinajstić information content (AvgIpc) is 3.45. The lowest BCUT2D eigenvalue weighted by Gasteiger charge is -2.59. The summed E-state index contributed by atoms with van der Waals surface area (Å²) in [6.45, 7) is 15.7. The van der Waals surface area contributed by atoms with E-state index in [9.17, 15) is 4.79 Å². The highest BCUT2D eigenvalue weighted by atomic mass is 28.4. The number of nitrogens with one attached hydrogen (secondary N) is 1. The zero-order valence-electron chi connectivity index (χ0n) is 20.1. The Hall–Kier alpha value is -0.453. The van der Waals surface area contributed by atoms with E-state index in [0.717, 1.165) is 43.6 Å². The highest BCUT2D eigenvalue weighted by molar-refractivity contribution is 6.74. The molecule has 5 aliphatic rings. The van der Waals surface area contributed by atoms with Crippen LogP contribution in [-0.4, -0.2) is 32.8 Å². The molecule has 3 nitrogen and oxygen atoms in total. The van der Waals surface area contributed by atoms with Crippen LogP contribution in [0, 0.1) is 28.6 Å². The van der Waals surface area contributed by atoms with Crippen LogP contribution in [0.3, 0.4) is 0 Å². The summed E-state index contributed by atoms with van der Waals surface area (Å²) in [5.41, 5.74) is 2.16. The molecule has 0 spiro atoms. The standard InChI is InChI=1S/C26H43NO2Si/c1-24(2,3)30(5,6)29-23-10-9-20-19-8-7-17-15-18(28)11-14-26(17,22-16-27-22)21(19)12-13-25(20,23)4/h15,19-23,27H,7-14,16H2,1-6H3/t19-,20-,21-,22-,23-,25-,26+/m0/s1. The van der Waals surface area contributed by atoms with Crippen molar-refractivity contribution in [3.8, 4) is 0 Å². The number of carbonyl (C=O) groups excluding carboxylic acids is 1. The second-order valence-electron chi connectivity index (χ2n) is 13.0. The maximum Gasteiger partial charge on any atom is 0.192 e. The van der Waals surface area contributed by atoms with Crippen molar-refractivity contribution in [1.82, 2.24) is 5.32 Å². The molecular weight excluding hydrogens is 386 g/mol. The summed E-state index contributed by atoms with van der Waals surface area (Å²) in [6, 6.07) is 0.634. The fraction of sp³-hybridized carbons (Fsp3) is 0.885. The van der Waals surface area contributed by atoms with Crippen LogP contribution in [0.4, 0.5) is 0 Å². The maximum atomic E-state index is 12.2. The lowest BCUT2D eigenvalue weighted by molar-refractivity contribution is -0.118. The predicted octanol–water partition coefficient (Wildman–Crippen LogP) is 5.86. The zero-order chi connectivity index (χ0) is 21.5. The molecule has 1 N–H and O–H groups in total. The summed E-state index contributed by atoms with van der Waals surface area (Å²) in [5, 5.41) is 3.97. The van der Waals surface area contributed by atoms with Crippen LogP contribution < -0.4 is 5.32 Å². The predicted molar refractivity (Wildman–Crippen MR) is 125 cm³/mol. The molecule has 1 heterocycles. The monoisotopic (exact) mass is 429 g/mol. The van der Waals surface area contributed by atoms with Gasteiger partial charge in [0.05, 0.1) is 6.10 Å². The van der Waals surface area contributed by atoms with Crippen molar-refractivity contribution in [3.63, 3.8) is 0 Å². The Labute approximate surface area is 184 Å². The number of hydrogen-bond donors (Lipinski definition) is 1. The molecule has 0 unspecified atom stereocenters. The molecule has 0 aromatic rings. The van der Waals surface area contributed by atoms with Crippen LogP contribution in [0.1, 0.15) is 79.1 Å². The molecule has 0 aromatic carbocycles. The summed E-state index contributed by atoms with van der Waals surface area (Å²) >= 11 is 0. The first kappa shape index (κ1) is 21.4. The number of rotatable bonds is 3. The van der Waals surface area contributed by atoms with E-state index in [1.54, 1.807) is 0 Å². The van der Waals surface area contributed by atoms with Crippen molar-refractivity contribution in [3.05, 3.63) is 11.6 Å². The van der Waals surface area contributed by atoms with Gasteiger partial charge in [0.2, 0.25) is 0 Å². The van der Waals surface area contributed by atoms with E-state index in [1.165, 1.54) is 37.7 Å². The van der Waals surface area contributed by atoms with Gasteiger partial charge in [0, 0.05) is 24.4 Å². The van der Waals surface area contributed by atoms with E-state index in [4.69, 9.17) is 4.43 Å². The lowest BCUT2D eigenvalue weighted by Crippen LogP contribution is -2.56. The average molecular weight is 430 g/mol. The zero-order valence-corrected chi connectivity index (χ0v) is 21.1. The SMILES string of the molecule is CC(C)(C)[Si](C)(C)O[C@H]1CC[C@H]2[C@@H]3CCC4=CC(=O)CC[C@]4([C@@H]4CN4)[C@H]3CC[C@]12C. The molecule has 5 rings (SSSR count). The van der Waals surface area contributed by atoms with Gasteiger partial charge in [0.1, 0.15) is 0 Å². The van der Waals surface area contributed by atoms with Crippen molar-refractivity contribution in [2.75, 3.05) is 6.54 Å². The van der Waals surface area contributed by atoms with Crippen LogP contribution in [0.2, 0.25) is 18.1 Å². The molecule has 0 aromatic heterocycles. The summed E-state index contributed by atoms with van der Waals surface area (Å²) in [7, 11) is -1.75. The Kier molecular flexibility index (Phi) is 4.83. The fourth-order valence-electron chi connectivity index (χ4n) is 8.03. The third-order valence-electron chi connectivity index (χ3n) is 10.8. The molecule has 0 amide bonds. The lowest BCUT2D eigenvalue weighted by atomic mass is 9.46. The van der Waals surface area contributed by atoms with Crippen LogP contribution in [0.15, 0.2) is 11.6 Å². The molecule has 1 saturated heterocycles. The molecular formula is C26H43NO2Si. The minimum absolute atomic E-state index is 0.277. The quantitative estimate of drug-likeness (QED) is 0.451. The van der Waals surface area contributed by atoms with Crippen molar-refractivity contribution in [1.29, 1.82) is 0 Å². The second-order valence-corrected chi connectivity index (χ2v) is 17.8. The summed E-state index contributed by atoms with van der Waals surface area (Å²) in [4.78, 5) is 12.2. The Morgan fingerprint density at radius 2 is 1.80 bits per heavy atom. The van der Waals surface area contributed by atoms with Gasteiger partial charge in [-0.15, -0.1) is 0 Å². The molecule has 0 radical (unpaired) electrons. The first-order chi connectivity index (χ1) is 14.0. The van der Waals surface area contributed by atoms with E-state index in [0.29, 0.717) is 23.3 Å². The molecule has 168 valence electrons. The molecule has 4 fully saturated rings. The third kappa shape index (κ3) is 2.99. The van der Waals surface area contributed by atoms with E-state index < -0.39 is 8.32 Å². The molecule has 30 heavy (non-hydrogen) atoms. The van der Waals surface area contributed by atoms with Gasteiger partial charge >= 0.3 is 0 Å². The van der Waals surface area contributed by atoms with E-state index in [-0.39, 0.29) is 10.5 Å².